The highest BCUT2D eigenvalue weighted by Gasteiger charge is 2.53. The number of allylic oxidation sites excluding steroid dienone is 5. The van der Waals surface area contributed by atoms with Gasteiger partial charge in [-0.15, -0.1) is 0 Å². The van der Waals surface area contributed by atoms with Gasteiger partial charge in [0.1, 0.15) is 0 Å². The molecule has 0 N–H and O–H groups in total. The number of hydrogen-bond donors (Lipinski definition) is 0. The SMILES string of the molecule is C1=CC2c3ccc(N(c4ccccc4)c4ccc(C5=Cc6c(n(-c7ccccc7)c7ccccc67)CC5)cc4)cc3C(c3ccccc3)(c3ccccc3)C2C=C1. The van der Waals surface area contributed by atoms with Crippen molar-refractivity contribution in [1.82, 2.24) is 4.57 Å². The standard InChI is InChI=1S/C55H42N2/c1-5-17-41(18-6-1)55(42-19-7-2-8-20-42)51-27-15-13-25-47(51)48-35-34-46(38-52(48)55)56(43-21-9-3-10-22-43)45-32-29-39(30-33-45)40-31-36-54-50(37-40)49-26-14-16-28-53(49)57(54)44-23-11-4-12-24-44/h1-30,32-35,37-38,47,51H,31,36H2. The van der Waals surface area contributed by atoms with Crippen molar-refractivity contribution in [2.75, 3.05) is 4.90 Å². The van der Waals surface area contributed by atoms with Crippen molar-refractivity contribution >= 4 is 39.6 Å². The van der Waals surface area contributed by atoms with Crippen LogP contribution in [0.25, 0.3) is 28.2 Å². The molecule has 0 saturated carbocycles. The normalized spacial score (nSPS) is 17.4. The zero-order chi connectivity index (χ0) is 37.8. The highest BCUT2D eigenvalue weighted by molar-refractivity contribution is 5.99. The molecule has 3 aliphatic carbocycles. The zero-order valence-corrected chi connectivity index (χ0v) is 31.7. The fourth-order valence-electron chi connectivity index (χ4n) is 10.3. The molecule has 0 fully saturated rings. The predicted molar refractivity (Wildman–Crippen MR) is 238 cm³/mol. The Hall–Kier alpha value is -6.90. The molecule has 1 heterocycles. The van der Waals surface area contributed by atoms with Crippen molar-refractivity contribution in [3.8, 4) is 5.69 Å². The summed E-state index contributed by atoms with van der Waals surface area (Å²) in [4.78, 5) is 2.43. The summed E-state index contributed by atoms with van der Waals surface area (Å²) in [6.45, 7) is 0. The van der Waals surface area contributed by atoms with Crippen LogP contribution in [0.5, 0.6) is 0 Å². The Morgan fingerprint density at radius 2 is 1.12 bits per heavy atom. The highest BCUT2D eigenvalue weighted by Crippen LogP contribution is 2.60. The molecule has 8 aromatic rings. The number of anilines is 3. The Balaban J connectivity index is 1.03. The van der Waals surface area contributed by atoms with E-state index in [9.17, 15) is 0 Å². The Morgan fingerprint density at radius 1 is 0.526 bits per heavy atom. The van der Waals surface area contributed by atoms with E-state index in [1.165, 1.54) is 61.2 Å². The van der Waals surface area contributed by atoms with E-state index >= 15 is 0 Å². The van der Waals surface area contributed by atoms with Gasteiger partial charge < -0.3 is 9.47 Å². The summed E-state index contributed by atoms with van der Waals surface area (Å²) in [6, 6.07) is 69.3. The van der Waals surface area contributed by atoms with Gasteiger partial charge in [-0.2, -0.15) is 0 Å². The lowest BCUT2D eigenvalue weighted by Gasteiger charge is -2.39. The largest absolute Gasteiger partial charge is 0.313 e. The van der Waals surface area contributed by atoms with E-state index in [4.69, 9.17) is 0 Å². The molecule has 0 amide bonds. The molecule has 7 aromatic carbocycles. The second kappa shape index (κ2) is 13.7. The topological polar surface area (TPSA) is 8.17 Å². The zero-order valence-electron chi connectivity index (χ0n) is 31.7. The summed E-state index contributed by atoms with van der Waals surface area (Å²) in [7, 11) is 0. The van der Waals surface area contributed by atoms with Crippen LogP contribution in [0, 0.1) is 5.92 Å². The molecule has 0 spiro atoms. The maximum Gasteiger partial charge on any atom is 0.0537 e. The quantitative estimate of drug-likeness (QED) is 0.158. The molecule has 1 aromatic heterocycles. The number of para-hydroxylation sites is 3. The van der Waals surface area contributed by atoms with Crippen LogP contribution < -0.4 is 4.90 Å². The first-order valence-electron chi connectivity index (χ1n) is 20.2. The molecular formula is C55H42N2. The monoisotopic (exact) mass is 730 g/mol. The van der Waals surface area contributed by atoms with Gasteiger partial charge in [0.25, 0.3) is 0 Å². The third-order valence-electron chi connectivity index (χ3n) is 12.7. The van der Waals surface area contributed by atoms with Crippen LogP contribution in [-0.4, -0.2) is 4.57 Å². The molecular weight excluding hydrogens is 689 g/mol. The molecule has 57 heavy (non-hydrogen) atoms. The van der Waals surface area contributed by atoms with Crippen LogP contribution in [0.1, 0.15) is 51.4 Å². The first-order valence-corrected chi connectivity index (χ1v) is 20.2. The Kier molecular flexibility index (Phi) is 8.03. The second-order valence-electron chi connectivity index (χ2n) is 15.6. The fourth-order valence-corrected chi connectivity index (χ4v) is 10.3. The molecule has 0 saturated heterocycles. The second-order valence-corrected chi connectivity index (χ2v) is 15.6. The van der Waals surface area contributed by atoms with Crippen LogP contribution in [0.3, 0.4) is 0 Å². The highest BCUT2D eigenvalue weighted by atomic mass is 15.1. The molecule has 2 nitrogen and oxygen atoms in total. The summed E-state index contributed by atoms with van der Waals surface area (Å²) in [5, 5.41) is 1.31. The van der Waals surface area contributed by atoms with Crippen LogP contribution in [0.4, 0.5) is 17.1 Å². The van der Waals surface area contributed by atoms with Gasteiger partial charge in [-0.1, -0.05) is 158 Å². The Bertz CT molecular complexity index is 2790. The lowest BCUT2D eigenvalue weighted by Crippen LogP contribution is -2.35. The average molecular weight is 731 g/mol. The van der Waals surface area contributed by atoms with Gasteiger partial charge in [-0.25, -0.2) is 0 Å². The van der Waals surface area contributed by atoms with Gasteiger partial charge in [-0.3, -0.25) is 0 Å². The minimum absolute atomic E-state index is 0.257. The van der Waals surface area contributed by atoms with E-state index in [2.05, 4.69) is 228 Å². The number of nitrogens with zero attached hydrogens (tertiary/aromatic N) is 2. The summed E-state index contributed by atoms with van der Waals surface area (Å²) in [5.41, 5.74) is 16.4. The van der Waals surface area contributed by atoms with Crippen molar-refractivity contribution in [2.45, 2.75) is 24.2 Å². The van der Waals surface area contributed by atoms with Gasteiger partial charge in [0.2, 0.25) is 0 Å². The molecule has 2 heteroatoms. The Morgan fingerprint density at radius 3 is 1.84 bits per heavy atom. The average Bonchev–Trinajstić information content (AvgIpc) is 3.78. The van der Waals surface area contributed by atoms with Crippen molar-refractivity contribution in [3.63, 3.8) is 0 Å². The summed E-state index contributed by atoms with van der Waals surface area (Å²) < 4.78 is 2.46. The number of benzene rings is 7. The molecule has 11 rings (SSSR count). The third-order valence-corrected chi connectivity index (χ3v) is 12.7. The van der Waals surface area contributed by atoms with Gasteiger partial charge in [0.15, 0.2) is 0 Å². The lowest BCUT2D eigenvalue weighted by atomic mass is 9.63. The molecule has 2 unspecified atom stereocenters. The molecule has 3 aliphatic rings. The summed E-state index contributed by atoms with van der Waals surface area (Å²) >= 11 is 0. The van der Waals surface area contributed by atoms with E-state index in [0.717, 1.165) is 29.9 Å². The van der Waals surface area contributed by atoms with E-state index in [1.807, 2.05) is 0 Å². The van der Waals surface area contributed by atoms with Crippen molar-refractivity contribution in [1.29, 1.82) is 0 Å². The number of hydrogen-bond acceptors (Lipinski definition) is 1. The van der Waals surface area contributed by atoms with Crippen molar-refractivity contribution < 1.29 is 0 Å². The van der Waals surface area contributed by atoms with Crippen LogP contribution in [0.2, 0.25) is 0 Å². The van der Waals surface area contributed by atoms with Crippen LogP contribution in [0.15, 0.2) is 212 Å². The van der Waals surface area contributed by atoms with Crippen molar-refractivity contribution in [2.24, 2.45) is 5.92 Å². The van der Waals surface area contributed by atoms with E-state index < -0.39 is 0 Å². The third kappa shape index (κ3) is 5.32. The Labute approximate surface area is 335 Å². The van der Waals surface area contributed by atoms with Crippen LogP contribution >= 0.6 is 0 Å². The van der Waals surface area contributed by atoms with E-state index in [-0.39, 0.29) is 17.3 Å². The fraction of sp³-hybridized carbons (Fsp3) is 0.0909. The van der Waals surface area contributed by atoms with E-state index in [0.29, 0.717) is 0 Å². The number of aromatic nitrogens is 1. The van der Waals surface area contributed by atoms with Crippen LogP contribution in [-0.2, 0) is 11.8 Å². The maximum absolute atomic E-state index is 2.49. The van der Waals surface area contributed by atoms with Gasteiger partial charge in [0.05, 0.1) is 10.9 Å². The number of rotatable bonds is 7. The van der Waals surface area contributed by atoms with Gasteiger partial charge >= 0.3 is 0 Å². The molecule has 2 atom stereocenters. The maximum atomic E-state index is 2.49. The van der Waals surface area contributed by atoms with Gasteiger partial charge in [-0.05, 0) is 107 Å². The predicted octanol–water partition coefficient (Wildman–Crippen LogP) is 13.8. The molecule has 0 aliphatic heterocycles. The smallest absolute Gasteiger partial charge is 0.0537 e. The minimum atomic E-state index is -0.345. The summed E-state index contributed by atoms with van der Waals surface area (Å²) in [6.07, 6.45) is 13.8. The molecule has 272 valence electrons. The first kappa shape index (κ1) is 33.4. The molecule has 0 radical (unpaired) electrons. The van der Waals surface area contributed by atoms with Gasteiger partial charge in [0, 0.05) is 51.2 Å². The minimum Gasteiger partial charge on any atom is -0.313 e. The summed E-state index contributed by atoms with van der Waals surface area (Å²) in [5.74, 6) is 0.544. The first-order chi connectivity index (χ1) is 28.3. The number of fused-ring (bicyclic) bond motifs is 6. The van der Waals surface area contributed by atoms with E-state index in [1.54, 1.807) is 0 Å². The lowest BCUT2D eigenvalue weighted by molar-refractivity contribution is 0.457. The van der Waals surface area contributed by atoms with Crippen molar-refractivity contribution in [3.05, 3.63) is 251 Å². The molecule has 0 bridgehead atoms.